The topological polar surface area (TPSA) is 237 Å². The molecule has 34 heavy (non-hydrogen) atoms. The number of H-pyrrole nitrogens is 1. The molecule has 5 atom stereocenters. The van der Waals surface area contributed by atoms with E-state index in [1.165, 1.54) is 19.4 Å². The van der Waals surface area contributed by atoms with E-state index >= 15 is 0 Å². The molecule has 1 aromatic rings. The van der Waals surface area contributed by atoms with Crippen LogP contribution in [0.3, 0.4) is 0 Å². The number of hydrogen-bond acceptors (Lipinski definition) is 8. The molecule has 1 rings (SSSR count). The SMILES string of the molecule is CC(C)CC(NC(=O)C(N)C(C)O)C(=O)NC(CC(=O)O)C(=O)NC(Cc1cnc[nH]1)C(=O)O. The van der Waals surface area contributed by atoms with Crippen molar-refractivity contribution in [1.29, 1.82) is 0 Å². The van der Waals surface area contributed by atoms with Crippen LogP contribution in [-0.4, -0.2) is 85.2 Å². The van der Waals surface area contributed by atoms with Crippen LogP contribution < -0.4 is 21.7 Å². The number of carboxylic acid groups (broad SMARTS) is 2. The van der Waals surface area contributed by atoms with Crippen LogP contribution in [0.15, 0.2) is 12.5 Å². The van der Waals surface area contributed by atoms with Crippen LogP contribution in [0.1, 0.15) is 39.3 Å². The Hall–Kier alpha value is -3.52. The number of imidazole rings is 1. The van der Waals surface area contributed by atoms with E-state index in [0.29, 0.717) is 5.69 Å². The van der Waals surface area contributed by atoms with Crippen LogP contribution in [0.2, 0.25) is 0 Å². The van der Waals surface area contributed by atoms with Gasteiger partial charge in [0.2, 0.25) is 17.7 Å². The molecule has 0 fully saturated rings. The number of hydrogen-bond donors (Lipinski definition) is 8. The van der Waals surface area contributed by atoms with Crippen LogP contribution in [-0.2, 0) is 30.4 Å². The summed E-state index contributed by atoms with van der Waals surface area (Å²) in [5, 5.41) is 35.0. The number of aromatic amines is 1. The lowest BCUT2D eigenvalue weighted by Gasteiger charge is -2.25. The number of nitrogens with zero attached hydrogens (tertiary/aromatic N) is 1. The first-order chi connectivity index (χ1) is 15.8. The predicted octanol–water partition coefficient (Wildman–Crippen LogP) is -2.28. The minimum atomic E-state index is -1.62. The molecular formula is C20H32N6O8. The molecule has 1 heterocycles. The molecule has 190 valence electrons. The average Bonchev–Trinajstić information content (AvgIpc) is 3.23. The average molecular weight is 485 g/mol. The van der Waals surface area contributed by atoms with Gasteiger partial charge in [0.05, 0.1) is 18.9 Å². The number of aliphatic hydroxyl groups is 1. The van der Waals surface area contributed by atoms with Crippen LogP contribution in [0.25, 0.3) is 0 Å². The third-order valence-corrected chi connectivity index (χ3v) is 4.77. The maximum absolute atomic E-state index is 12.8. The highest BCUT2D eigenvalue weighted by molar-refractivity contribution is 5.95. The van der Waals surface area contributed by atoms with Crippen molar-refractivity contribution in [2.45, 2.75) is 70.3 Å². The first-order valence-electron chi connectivity index (χ1n) is 10.6. The maximum atomic E-state index is 12.8. The van der Waals surface area contributed by atoms with Crippen molar-refractivity contribution in [1.82, 2.24) is 25.9 Å². The van der Waals surface area contributed by atoms with E-state index in [9.17, 15) is 39.3 Å². The molecule has 0 aromatic carbocycles. The second-order valence-corrected chi connectivity index (χ2v) is 8.30. The number of aromatic nitrogens is 2. The Kier molecular flexibility index (Phi) is 11.1. The Bertz CT molecular complexity index is 857. The first-order valence-corrected chi connectivity index (χ1v) is 10.6. The molecule has 5 unspecified atom stereocenters. The monoisotopic (exact) mass is 484 g/mol. The number of carbonyl (C=O) groups excluding carboxylic acids is 3. The smallest absolute Gasteiger partial charge is 0.326 e. The second kappa shape index (κ2) is 13.3. The standard InChI is InChI=1S/C20H32N6O8/c1-9(2)4-12(25-19(32)16(21)10(3)27)17(30)24-13(6-15(28)29)18(31)26-14(20(33)34)5-11-7-22-8-23-11/h7-10,12-14,16,27H,4-6,21H2,1-3H3,(H,22,23)(H,24,30)(H,25,32)(H,26,31)(H,28,29)(H,33,34). The van der Waals surface area contributed by atoms with E-state index in [2.05, 4.69) is 25.9 Å². The number of amides is 3. The zero-order valence-corrected chi connectivity index (χ0v) is 19.1. The van der Waals surface area contributed by atoms with Gasteiger partial charge in [0.1, 0.15) is 24.2 Å². The summed E-state index contributed by atoms with van der Waals surface area (Å²) < 4.78 is 0. The summed E-state index contributed by atoms with van der Waals surface area (Å²) in [5.41, 5.74) is 6.01. The van der Waals surface area contributed by atoms with Gasteiger partial charge in [-0.25, -0.2) is 9.78 Å². The number of aliphatic carboxylic acids is 2. The number of nitrogens with one attached hydrogen (secondary N) is 4. The fourth-order valence-electron chi connectivity index (χ4n) is 2.93. The molecule has 14 nitrogen and oxygen atoms in total. The van der Waals surface area contributed by atoms with Crippen LogP contribution in [0.5, 0.6) is 0 Å². The minimum Gasteiger partial charge on any atom is -0.481 e. The van der Waals surface area contributed by atoms with E-state index in [0.717, 1.165) is 0 Å². The molecule has 0 bridgehead atoms. The van der Waals surface area contributed by atoms with E-state index in [1.807, 2.05) is 0 Å². The molecule has 0 saturated carbocycles. The van der Waals surface area contributed by atoms with Crippen molar-refractivity contribution in [3.63, 3.8) is 0 Å². The Morgan fingerprint density at radius 1 is 0.971 bits per heavy atom. The largest absolute Gasteiger partial charge is 0.481 e. The van der Waals surface area contributed by atoms with Crippen LogP contribution in [0.4, 0.5) is 0 Å². The summed E-state index contributed by atoms with van der Waals surface area (Å²) in [4.78, 5) is 67.1. The van der Waals surface area contributed by atoms with Gasteiger partial charge in [-0.2, -0.15) is 0 Å². The van der Waals surface area contributed by atoms with Gasteiger partial charge in [-0.1, -0.05) is 13.8 Å². The van der Waals surface area contributed by atoms with Crippen molar-refractivity contribution >= 4 is 29.7 Å². The van der Waals surface area contributed by atoms with Gasteiger partial charge in [-0.3, -0.25) is 19.2 Å². The molecule has 0 aliphatic heterocycles. The van der Waals surface area contributed by atoms with Gasteiger partial charge in [0.15, 0.2) is 0 Å². The minimum absolute atomic E-state index is 0.0867. The summed E-state index contributed by atoms with van der Waals surface area (Å²) in [6.45, 7) is 4.85. The van der Waals surface area contributed by atoms with Crippen molar-refractivity contribution < 1.29 is 39.3 Å². The van der Waals surface area contributed by atoms with Gasteiger partial charge in [-0.05, 0) is 19.3 Å². The highest BCUT2D eigenvalue weighted by atomic mass is 16.4. The first kappa shape index (κ1) is 28.5. The molecule has 0 aliphatic rings. The zero-order valence-electron chi connectivity index (χ0n) is 19.1. The Balaban J connectivity index is 2.99. The fraction of sp³-hybridized carbons (Fsp3) is 0.600. The van der Waals surface area contributed by atoms with E-state index in [4.69, 9.17) is 5.73 Å². The number of rotatable bonds is 14. The summed E-state index contributed by atoms with van der Waals surface area (Å²) in [6, 6.07) is -5.52. The third kappa shape index (κ3) is 9.54. The van der Waals surface area contributed by atoms with Gasteiger partial charge in [0, 0.05) is 18.3 Å². The second-order valence-electron chi connectivity index (χ2n) is 8.30. The fourth-order valence-corrected chi connectivity index (χ4v) is 2.93. The molecule has 3 amide bonds. The molecule has 9 N–H and O–H groups in total. The lowest BCUT2D eigenvalue weighted by molar-refractivity contribution is -0.143. The van der Waals surface area contributed by atoms with Gasteiger partial charge in [-0.15, -0.1) is 0 Å². The third-order valence-electron chi connectivity index (χ3n) is 4.77. The van der Waals surface area contributed by atoms with E-state index < -0.39 is 66.4 Å². The van der Waals surface area contributed by atoms with Crippen molar-refractivity contribution in [2.75, 3.05) is 0 Å². The lowest BCUT2D eigenvalue weighted by Crippen LogP contribution is -2.58. The molecule has 14 heteroatoms. The Labute approximate surface area is 195 Å². The number of carboxylic acids is 2. The number of aliphatic hydroxyl groups excluding tert-OH is 1. The summed E-state index contributed by atoms with van der Waals surface area (Å²) in [5.74, 6) is -5.57. The molecule has 0 saturated heterocycles. The van der Waals surface area contributed by atoms with Gasteiger partial charge >= 0.3 is 11.9 Å². The zero-order chi connectivity index (χ0) is 26.0. The lowest BCUT2D eigenvalue weighted by atomic mass is 10.0. The quantitative estimate of drug-likeness (QED) is 0.141. The Morgan fingerprint density at radius 3 is 2.00 bits per heavy atom. The molecule has 0 spiro atoms. The van der Waals surface area contributed by atoms with E-state index in [-0.39, 0.29) is 18.8 Å². The number of nitrogens with two attached hydrogens (primary N) is 1. The Morgan fingerprint density at radius 2 is 1.53 bits per heavy atom. The summed E-state index contributed by atoms with van der Waals surface area (Å²) >= 11 is 0. The van der Waals surface area contributed by atoms with Crippen molar-refractivity contribution in [3.05, 3.63) is 18.2 Å². The van der Waals surface area contributed by atoms with Crippen LogP contribution >= 0.6 is 0 Å². The van der Waals surface area contributed by atoms with Crippen molar-refractivity contribution in [2.24, 2.45) is 11.7 Å². The molecule has 1 aromatic heterocycles. The van der Waals surface area contributed by atoms with Gasteiger partial charge in [0.25, 0.3) is 0 Å². The molecule has 0 aliphatic carbocycles. The predicted molar refractivity (Wildman–Crippen MR) is 117 cm³/mol. The summed E-state index contributed by atoms with van der Waals surface area (Å²) in [6.07, 6.45) is 0.660. The maximum Gasteiger partial charge on any atom is 0.326 e. The van der Waals surface area contributed by atoms with Gasteiger partial charge < -0.3 is 42.0 Å². The van der Waals surface area contributed by atoms with Crippen molar-refractivity contribution in [3.8, 4) is 0 Å². The van der Waals surface area contributed by atoms with E-state index in [1.54, 1.807) is 13.8 Å². The normalized spacial score (nSPS) is 15.5. The summed E-state index contributed by atoms with van der Waals surface area (Å²) in [7, 11) is 0. The molecular weight excluding hydrogens is 452 g/mol. The molecule has 0 radical (unpaired) electrons. The number of carbonyl (C=O) groups is 5. The highest BCUT2D eigenvalue weighted by Gasteiger charge is 2.32. The van der Waals surface area contributed by atoms with Crippen LogP contribution in [0, 0.1) is 5.92 Å². The highest BCUT2D eigenvalue weighted by Crippen LogP contribution is 2.08.